The summed E-state index contributed by atoms with van der Waals surface area (Å²) >= 11 is 3.40. The van der Waals surface area contributed by atoms with Gasteiger partial charge in [-0.05, 0) is 65.2 Å². The molecule has 6 heteroatoms. The van der Waals surface area contributed by atoms with E-state index in [-0.39, 0.29) is 18.3 Å². The van der Waals surface area contributed by atoms with Gasteiger partial charge in [0, 0.05) is 6.54 Å². The third kappa shape index (κ3) is 5.04. The van der Waals surface area contributed by atoms with Crippen LogP contribution < -0.4 is 10.1 Å². The highest BCUT2D eigenvalue weighted by molar-refractivity contribution is 9.10. The molecule has 2 unspecified atom stereocenters. The first-order valence-electron chi connectivity index (χ1n) is 7.51. The molecule has 0 radical (unpaired) electrons. The van der Waals surface area contributed by atoms with Crippen LogP contribution in [-0.4, -0.2) is 23.7 Å². The van der Waals surface area contributed by atoms with Crippen molar-refractivity contribution in [3.8, 4) is 5.75 Å². The number of ether oxygens (including phenoxy) is 1. The largest absolute Gasteiger partial charge is 0.480 e. The first kappa shape index (κ1) is 18.4. The number of aliphatic hydroxyl groups is 1. The van der Waals surface area contributed by atoms with E-state index >= 15 is 0 Å². The summed E-state index contributed by atoms with van der Waals surface area (Å²) in [5.74, 6) is -0.147. The van der Waals surface area contributed by atoms with E-state index in [1.807, 2.05) is 19.1 Å². The highest BCUT2D eigenvalue weighted by Crippen LogP contribution is 2.26. The predicted octanol–water partition coefficient (Wildman–Crippen LogP) is 3.51. The van der Waals surface area contributed by atoms with Crippen molar-refractivity contribution in [3.05, 3.63) is 63.9 Å². The van der Waals surface area contributed by atoms with Crippen LogP contribution in [0.4, 0.5) is 4.39 Å². The van der Waals surface area contributed by atoms with Gasteiger partial charge in [0.2, 0.25) is 0 Å². The molecule has 0 heterocycles. The van der Waals surface area contributed by atoms with E-state index in [0.717, 1.165) is 10.0 Å². The molecule has 0 saturated carbocycles. The molecule has 0 aliphatic heterocycles. The Morgan fingerprint density at radius 3 is 2.58 bits per heavy atom. The lowest BCUT2D eigenvalue weighted by molar-refractivity contribution is -0.127. The number of nitrogens with one attached hydrogen (secondary N) is 1. The number of aryl methyl sites for hydroxylation is 1. The molecule has 0 saturated heterocycles. The fraction of sp³-hybridized carbons (Fsp3) is 0.278. The maximum absolute atomic E-state index is 12.9. The number of halogens is 2. The number of hydrogen-bond donors (Lipinski definition) is 2. The molecule has 2 aromatic rings. The van der Waals surface area contributed by atoms with Crippen LogP contribution in [-0.2, 0) is 4.79 Å². The highest BCUT2D eigenvalue weighted by Gasteiger charge is 2.17. The van der Waals surface area contributed by atoms with Crippen molar-refractivity contribution in [1.29, 1.82) is 0 Å². The lowest BCUT2D eigenvalue weighted by atomic mass is 10.1. The highest BCUT2D eigenvalue weighted by atomic mass is 79.9. The molecule has 0 spiro atoms. The van der Waals surface area contributed by atoms with Crippen molar-refractivity contribution in [2.75, 3.05) is 6.54 Å². The smallest absolute Gasteiger partial charge is 0.260 e. The Balaban J connectivity index is 1.88. The first-order chi connectivity index (χ1) is 11.4. The second-order valence-electron chi connectivity index (χ2n) is 5.51. The number of amides is 1. The number of carbonyl (C=O) groups excluding carboxylic acids is 1. The van der Waals surface area contributed by atoms with Gasteiger partial charge in [-0.1, -0.05) is 18.2 Å². The Kier molecular flexibility index (Phi) is 6.34. The standard InChI is InChI=1S/C18H19BrFNO3/c1-11-3-8-17(15(19)9-11)24-12(2)18(23)21-10-16(22)13-4-6-14(20)7-5-13/h3-9,12,16,22H,10H2,1-2H3,(H,21,23). The lowest BCUT2D eigenvalue weighted by Crippen LogP contribution is -2.38. The molecule has 2 rings (SSSR count). The minimum absolute atomic E-state index is 0.0211. The van der Waals surface area contributed by atoms with Crippen molar-refractivity contribution in [2.24, 2.45) is 0 Å². The zero-order valence-corrected chi connectivity index (χ0v) is 15.0. The van der Waals surface area contributed by atoms with Crippen LogP contribution in [0.25, 0.3) is 0 Å². The van der Waals surface area contributed by atoms with Crippen LogP contribution in [0.3, 0.4) is 0 Å². The van der Waals surface area contributed by atoms with E-state index in [1.54, 1.807) is 13.0 Å². The van der Waals surface area contributed by atoms with Gasteiger partial charge < -0.3 is 15.2 Å². The van der Waals surface area contributed by atoms with Crippen LogP contribution >= 0.6 is 15.9 Å². The summed E-state index contributed by atoms with van der Waals surface area (Å²) in [5, 5.41) is 12.6. The molecule has 0 aromatic heterocycles. The van der Waals surface area contributed by atoms with Gasteiger partial charge in [-0.3, -0.25) is 4.79 Å². The van der Waals surface area contributed by atoms with Gasteiger partial charge in [-0.15, -0.1) is 0 Å². The summed E-state index contributed by atoms with van der Waals surface area (Å²) in [6, 6.07) is 11.1. The van der Waals surface area contributed by atoms with Crippen LogP contribution in [0, 0.1) is 12.7 Å². The molecule has 0 aliphatic rings. The Hall–Kier alpha value is -1.92. The van der Waals surface area contributed by atoms with Crippen LogP contribution in [0.5, 0.6) is 5.75 Å². The molecule has 0 bridgehead atoms. The Morgan fingerprint density at radius 1 is 1.29 bits per heavy atom. The first-order valence-corrected chi connectivity index (χ1v) is 8.30. The van der Waals surface area contributed by atoms with Gasteiger partial charge in [0.15, 0.2) is 6.10 Å². The molecular weight excluding hydrogens is 377 g/mol. The third-order valence-electron chi connectivity index (χ3n) is 3.48. The van der Waals surface area contributed by atoms with E-state index in [4.69, 9.17) is 4.74 Å². The molecule has 2 atom stereocenters. The molecule has 4 nitrogen and oxygen atoms in total. The Labute approximate surface area is 148 Å². The summed E-state index contributed by atoms with van der Waals surface area (Å²) in [7, 11) is 0. The number of benzene rings is 2. The molecule has 0 fully saturated rings. The third-order valence-corrected chi connectivity index (χ3v) is 4.10. The van der Waals surface area contributed by atoms with E-state index in [0.29, 0.717) is 11.3 Å². The van der Waals surface area contributed by atoms with Gasteiger partial charge in [0.1, 0.15) is 11.6 Å². The second kappa shape index (κ2) is 8.26. The number of rotatable bonds is 6. The molecule has 2 aromatic carbocycles. The van der Waals surface area contributed by atoms with Gasteiger partial charge in [-0.2, -0.15) is 0 Å². The average molecular weight is 396 g/mol. The summed E-state index contributed by atoms with van der Waals surface area (Å²) in [6.45, 7) is 3.61. The molecule has 0 aliphatic carbocycles. The van der Waals surface area contributed by atoms with Crippen molar-refractivity contribution >= 4 is 21.8 Å². The zero-order valence-electron chi connectivity index (χ0n) is 13.4. The van der Waals surface area contributed by atoms with Crippen molar-refractivity contribution < 1.29 is 19.0 Å². The lowest BCUT2D eigenvalue weighted by Gasteiger charge is -2.18. The summed E-state index contributed by atoms with van der Waals surface area (Å²) in [6.07, 6.45) is -1.63. The predicted molar refractivity (Wildman–Crippen MR) is 93.3 cm³/mol. The van der Waals surface area contributed by atoms with Gasteiger partial charge in [0.05, 0.1) is 10.6 Å². The quantitative estimate of drug-likeness (QED) is 0.786. The average Bonchev–Trinajstić information content (AvgIpc) is 2.55. The number of hydrogen-bond acceptors (Lipinski definition) is 3. The maximum Gasteiger partial charge on any atom is 0.260 e. The van der Waals surface area contributed by atoms with E-state index < -0.39 is 12.2 Å². The molecule has 1 amide bonds. The van der Waals surface area contributed by atoms with Crippen molar-refractivity contribution in [2.45, 2.75) is 26.1 Å². The van der Waals surface area contributed by atoms with Gasteiger partial charge in [-0.25, -0.2) is 4.39 Å². The Morgan fingerprint density at radius 2 is 1.96 bits per heavy atom. The summed E-state index contributed by atoms with van der Waals surface area (Å²) < 4.78 is 19.3. The Bertz CT molecular complexity index is 706. The molecule has 24 heavy (non-hydrogen) atoms. The van der Waals surface area contributed by atoms with E-state index in [9.17, 15) is 14.3 Å². The van der Waals surface area contributed by atoms with E-state index in [1.165, 1.54) is 24.3 Å². The maximum atomic E-state index is 12.9. The topological polar surface area (TPSA) is 58.6 Å². The molecule has 2 N–H and O–H groups in total. The fourth-order valence-electron chi connectivity index (χ4n) is 2.09. The monoisotopic (exact) mass is 395 g/mol. The minimum Gasteiger partial charge on any atom is -0.480 e. The van der Waals surface area contributed by atoms with Crippen LogP contribution in [0.15, 0.2) is 46.9 Å². The van der Waals surface area contributed by atoms with E-state index in [2.05, 4.69) is 21.2 Å². The van der Waals surface area contributed by atoms with Gasteiger partial charge in [0.25, 0.3) is 5.91 Å². The number of aliphatic hydroxyl groups excluding tert-OH is 1. The van der Waals surface area contributed by atoms with Crippen molar-refractivity contribution in [3.63, 3.8) is 0 Å². The molecule has 128 valence electrons. The molecular formula is C18H19BrFNO3. The number of carbonyl (C=O) groups is 1. The normalized spacial score (nSPS) is 13.2. The SMILES string of the molecule is Cc1ccc(OC(C)C(=O)NCC(O)c2ccc(F)cc2)c(Br)c1. The summed E-state index contributed by atoms with van der Waals surface area (Å²) in [5.41, 5.74) is 1.61. The summed E-state index contributed by atoms with van der Waals surface area (Å²) in [4.78, 5) is 12.1. The van der Waals surface area contributed by atoms with Crippen LogP contribution in [0.2, 0.25) is 0 Å². The van der Waals surface area contributed by atoms with Gasteiger partial charge >= 0.3 is 0 Å². The fourth-order valence-corrected chi connectivity index (χ4v) is 2.68. The zero-order chi connectivity index (χ0) is 17.7. The minimum atomic E-state index is -0.909. The second-order valence-corrected chi connectivity index (χ2v) is 6.36. The van der Waals surface area contributed by atoms with Crippen molar-refractivity contribution in [1.82, 2.24) is 5.32 Å². The van der Waals surface area contributed by atoms with Crippen LogP contribution in [0.1, 0.15) is 24.2 Å².